The van der Waals surface area contributed by atoms with Gasteiger partial charge in [-0.1, -0.05) is 19.3 Å². The van der Waals surface area contributed by atoms with E-state index in [4.69, 9.17) is 9.47 Å². The Morgan fingerprint density at radius 2 is 1.67 bits per heavy atom. The summed E-state index contributed by atoms with van der Waals surface area (Å²) in [6.45, 7) is 5.62. The van der Waals surface area contributed by atoms with Gasteiger partial charge in [0.2, 0.25) is 12.7 Å². The Morgan fingerprint density at radius 3 is 2.42 bits per heavy atom. The first-order valence-electron chi connectivity index (χ1n) is 12.2. The van der Waals surface area contributed by atoms with Crippen molar-refractivity contribution < 1.29 is 19.1 Å². The van der Waals surface area contributed by atoms with Crippen molar-refractivity contribution >= 4 is 17.5 Å². The van der Waals surface area contributed by atoms with E-state index in [1.165, 1.54) is 37.8 Å². The van der Waals surface area contributed by atoms with Crippen molar-refractivity contribution in [1.82, 2.24) is 9.47 Å². The van der Waals surface area contributed by atoms with E-state index >= 15 is 0 Å². The Bertz CT molecular complexity index is 1050. The number of likely N-dealkylation sites (tertiary alicyclic amines) is 1. The average Bonchev–Trinajstić information content (AvgIpc) is 3.42. The number of aromatic nitrogens is 1. The van der Waals surface area contributed by atoms with Gasteiger partial charge in [-0.15, -0.1) is 0 Å². The molecule has 5 rings (SSSR count). The molecule has 1 saturated heterocycles. The standard InChI is InChI=1S/C26H33N3O4/c1-17-14-22(18(2)29(17)21-6-4-3-5-7-21)26(31)28-12-10-19(11-13-28)25(30)27-20-8-9-23-24(15-20)33-16-32-23/h8-9,14-15,19,21H,3-7,10-13,16H2,1-2H3,(H,27,30). The molecule has 176 valence electrons. The van der Waals surface area contributed by atoms with E-state index in [-0.39, 0.29) is 24.5 Å². The number of ether oxygens (including phenoxy) is 2. The van der Waals surface area contributed by atoms with Crippen molar-refractivity contribution in [3.63, 3.8) is 0 Å². The molecular formula is C26H33N3O4. The molecule has 0 spiro atoms. The molecule has 33 heavy (non-hydrogen) atoms. The Hall–Kier alpha value is -2.96. The quantitative estimate of drug-likeness (QED) is 0.723. The lowest BCUT2D eigenvalue weighted by atomic mass is 9.94. The van der Waals surface area contributed by atoms with Crippen molar-refractivity contribution in [2.24, 2.45) is 5.92 Å². The van der Waals surface area contributed by atoms with E-state index in [0.717, 1.165) is 11.3 Å². The molecule has 2 fully saturated rings. The minimum atomic E-state index is -0.103. The van der Waals surface area contributed by atoms with Crippen molar-refractivity contribution in [3.05, 3.63) is 41.2 Å². The second-order valence-electron chi connectivity index (χ2n) is 9.57. The van der Waals surface area contributed by atoms with Crippen molar-refractivity contribution in [1.29, 1.82) is 0 Å². The average molecular weight is 452 g/mol. The van der Waals surface area contributed by atoms with Gasteiger partial charge in [-0.2, -0.15) is 0 Å². The van der Waals surface area contributed by atoms with E-state index in [1.54, 1.807) is 6.07 Å². The molecule has 0 bridgehead atoms. The fourth-order valence-corrected chi connectivity index (χ4v) is 5.63. The van der Waals surface area contributed by atoms with Gasteiger partial charge in [0.25, 0.3) is 5.91 Å². The first-order valence-corrected chi connectivity index (χ1v) is 12.2. The summed E-state index contributed by atoms with van der Waals surface area (Å²) in [6.07, 6.45) is 7.60. The molecule has 0 unspecified atom stereocenters. The number of aryl methyl sites for hydroxylation is 1. The number of amides is 2. The molecular weight excluding hydrogens is 418 g/mol. The summed E-state index contributed by atoms with van der Waals surface area (Å²) in [5.74, 6) is 1.34. The minimum absolute atomic E-state index is 0.00330. The maximum atomic E-state index is 13.3. The number of rotatable bonds is 4. The summed E-state index contributed by atoms with van der Waals surface area (Å²) < 4.78 is 13.1. The van der Waals surface area contributed by atoms with E-state index in [9.17, 15) is 9.59 Å². The monoisotopic (exact) mass is 451 g/mol. The molecule has 7 nitrogen and oxygen atoms in total. The molecule has 0 atom stereocenters. The van der Waals surface area contributed by atoms with Crippen LogP contribution in [0.25, 0.3) is 0 Å². The second kappa shape index (κ2) is 9.12. The maximum Gasteiger partial charge on any atom is 0.255 e. The zero-order chi connectivity index (χ0) is 22.9. The smallest absolute Gasteiger partial charge is 0.255 e. The summed E-state index contributed by atoms with van der Waals surface area (Å²) in [6, 6.07) is 8.01. The van der Waals surface area contributed by atoms with Crippen LogP contribution < -0.4 is 14.8 Å². The number of fused-ring (bicyclic) bond motifs is 1. The molecule has 2 aliphatic heterocycles. The first kappa shape index (κ1) is 21.9. The fourth-order valence-electron chi connectivity index (χ4n) is 5.63. The van der Waals surface area contributed by atoms with Crippen LogP contribution in [0.15, 0.2) is 24.3 Å². The number of carbonyl (C=O) groups excluding carboxylic acids is 2. The number of hydrogen-bond donors (Lipinski definition) is 1. The van der Waals surface area contributed by atoms with Gasteiger partial charge >= 0.3 is 0 Å². The molecule has 0 radical (unpaired) electrons. The molecule has 1 aliphatic carbocycles. The highest BCUT2D eigenvalue weighted by atomic mass is 16.7. The molecule has 1 saturated carbocycles. The van der Waals surface area contributed by atoms with Crippen molar-refractivity contribution in [2.75, 3.05) is 25.2 Å². The number of nitrogens with zero attached hydrogens (tertiary/aromatic N) is 2. The van der Waals surface area contributed by atoms with E-state index < -0.39 is 0 Å². The van der Waals surface area contributed by atoms with Crippen LogP contribution in [0.3, 0.4) is 0 Å². The number of nitrogens with one attached hydrogen (secondary N) is 1. The number of hydrogen-bond acceptors (Lipinski definition) is 4. The SMILES string of the molecule is Cc1cc(C(=O)N2CCC(C(=O)Nc3ccc4c(c3)OCO4)CC2)c(C)n1C1CCCCC1. The lowest BCUT2D eigenvalue weighted by Crippen LogP contribution is -2.41. The van der Waals surface area contributed by atoms with E-state index in [1.807, 2.05) is 17.0 Å². The fraction of sp³-hybridized carbons (Fsp3) is 0.538. The summed E-state index contributed by atoms with van der Waals surface area (Å²) in [4.78, 5) is 28.0. The maximum absolute atomic E-state index is 13.3. The van der Waals surface area contributed by atoms with Gasteiger partial charge in [0, 0.05) is 48.2 Å². The van der Waals surface area contributed by atoms with Gasteiger partial charge in [0.05, 0.1) is 5.56 Å². The molecule has 1 aromatic heterocycles. The van der Waals surface area contributed by atoms with Gasteiger partial charge in [-0.05, 0) is 57.7 Å². The third-order valence-corrected chi connectivity index (χ3v) is 7.45. The molecule has 3 aliphatic rings. The zero-order valence-electron chi connectivity index (χ0n) is 19.6. The lowest BCUT2D eigenvalue weighted by molar-refractivity contribution is -0.121. The minimum Gasteiger partial charge on any atom is -0.454 e. The van der Waals surface area contributed by atoms with Gasteiger partial charge in [-0.25, -0.2) is 0 Å². The predicted octanol–water partition coefficient (Wildman–Crippen LogP) is 4.83. The Kier molecular flexibility index (Phi) is 6.04. The summed E-state index contributed by atoms with van der Waals surface area (Å²) in [5, 5.41) is 2.99. The largest absolute Gasteiger partial charge is 0.454 e. The first-order chi connectivity index (χ1) is 16.0. The molecule has 3 heterocycles. The predicted molar refractivity (Wildman–Crippen MR) is 126 cm³/mol. The Labute approximate surface area is 195 Å². The van der Waals surface area contributed by atoms with Gasteiger partial charge in [0.1, 0.15) is 0 Å². The molecule has 2 aromatic rings. The van der Waals surface area contributed by atoms with Crippen LogP contribution in [-0.4, -0.2) is 41.2 Å². The van der Waals surface area contributed by atoms with E-state index in [0.29, 0.717) is 49.2 Å². The van der Waals surface area contributed by atoms with Crippen LogP contribution in [0.1, 0.15) is 72.7 Å². The highest BCUT2D eigenvalue weighted by molar-refractivity contribution is 5.96. The van der Waals surface area contributed by atoms with Gasteiger partial charge < -0.3 is 24.3 Å². The highest BCUT2D eigenvalue weighted by Crippen LogP contribution is 2.35. The Balaban J connectivity index is 1.19. The number of anilines is 1. The van der Waals surface area contributed by atoms with Crippen LogP contribution >= 0.6 is 0 Å². The van der Waals surface area contributed by atoms with E-state index in [2.05, 4.69) is 29.8 Å². The number of carbonyl (C=O) groups is 2. The Morgan fingerprint density at radius 1 is 0.939 bits per heavy atom. The summed E-state index contributed by atoms with van der Waals surface area (Å²) in [7, 11) is 0. The van der Waals surface area contributed by atoms with Crippen LogP contribution in [-0.2, 0) is 4.79 Å². The second-order valence-corrected chi connectivity index (χ2v) is 9.57. The van der Waals surface area contributed by atoms with Gasteiger partial charge in [-0.3, -0.25) is 9.59 Å². The summed E-state index contributed by atoms with van der Waals surface area (Å²) >= 11 is 0. The third-order valence-electron chi connectivity index (χ3n) is 7.45. The number of benzene rings is 1. The highest BCUT2D eigenvalue weighted by Gasteiger charge is 2.30. The number of piperidine rings is 1. The summed E-state index contributed by atoms with van der Waals surface area (Å²) in [5.41, 5.74) is 3.80. The topological polar surface area (TPSA) is 72.8 Å². The zero-order valence-corrected chi connectivity index (χ0v) is 19.6. The molecule has 7 heteroatoms. The van der Waals surface area contributed by atoms with Crippen LogP contribution in [0.5, 0.6) is 11.5 Å². The lowest BCUT2D eigenvalue weighted by Gasteiger charge is -2.31. The van der Waals surface area contributed by atoms with Crippen LogP contribution in [0.2, 0.25) is 0 Å². The molecule has 1 aromatic carbocycles. The van der Waals surface area contributed by atoms with Crippen molar-refractivity contribution in [3.8, 4) is 11.5 Å². The third kappa shape index (κ3) is 4.33. The van der Waals surface area contributed by atoms with Crippen LogP contribution in [0.4, 0.5) is 5.69 Å². The van der Waals surface area contributed by atoms with Gasteiger partial charge in [0.15, 0.2) is 11.5 Å². The normalized spacial score (nSPS) is 19.0. The van der Waals surface area contributed by atoms with Crippen LogP contribution in [0, 0.1) is 19.8 Å². The molecule has 1 N–H and O–H groups in total. The molecule has 2 amide bonds. The van der Waals surface area contributed by atoms with Crippen molar-refractivity contribution in [2.45, 2.75) is 64.8 Å².